The Morgan fingerprint density at radius 2 is 1.27 bits per heavy atom. The number of hydrogen-bond donors (Lipinski definition) is 0. The molecule has 1 radical (unpaired) electrons. The molecule has 0 amide bonds. The van der Waals surface area contributed by atoms with Crippen molar-refractivity contribution in [2.45, 2.75) is 36.0 Å². The Morgan fingerprint density at radius 1 is 0.909 bits per heavy atom. The zero-order valence-electron chi connectivity index (χ0n) is 8.09. The van der Waals surface area contributed by atoms with Crippen LogP contribution in [0.2, 0.25) is 9.26 Å². The Labute approximate surface area is 75.9 Å². The quantitative estimate of drug-likeness (QED) is 0.681. The fourth-order valence-electron chi connectivity index (χ4n) is 0.660. The van der Waals surface area contributed by atoms with Gasteiger partial charge >= 0.3 is 75.9 Å². The van der Waals surface area contributed by atoms with E-state index in [1.165, 1.54) is 0 Å². The zero-order chi connectivity index (χ0) is 8.74. The fourth-order valence-corrected chi connectivity index (χ4v) is 5.79. The summed E-state index contributed by atoms with van der Waals surface area (Å²) in [7, 11) is 0. The standard InChI is InChI=1S/2C3H7O.2CH3.Bi/c2*1-2-3-4;;;/h2*2-3H2,1H3;2*1H3;/q2*-1;;;+2. The van der Waals surface area contributed by atoms with Crippen molar-refractivity contribution in [1.29, 1.82) is 0 Å². The Balaban J connectivity index is 3.43. The maximum atomic E-state index is 5.67. The van der Waals surface area contributed by atoms with Gasteiger partial charge in [0, 0.05) is 0 Å². The molecule has 2 nitrogen and oxygen atoms in total. The van der Waals surface area contributed by atoms with Gasteiger partial charge in [0.15, 0.2) is 0 Å². The molecule has 69 valence electrons. The van der Waals surface area contributed by atoms with Crippen LogP contribution in [0.5, 0.6) is 0 Å². The zero-order valence-corrected chi connectivity index (χ0v) is 11.6. The molecule has 0 aliphatic rings. The van der Waals surface area contributed by atoms with Crippen molar-refractivity contribution in [3.8, 4) is 0 Å². The molecule has 0 aromatic rings. The fraction of sp³-hybridized carbons (Fsp3) is 1.00. The molecule has 0 unspecified atom stereocenters. The molecule has 0 aromatic carbocycles. The molecule has 0 aliphatic carbocycles. The van der Waals surface area contributed by atoms with E-state index in [1.807, 2.05) is 0 Å². The molecule has 11 heavy (non-hydrogen) atoms. The van der Waals surface area contributed by atoms with E-state index in [9.17, 15) is 0 Å². The van der Waals surface area contributed by atoms with Crippen LogP contribution in [0.3, 0.4) is 0 Å². The van der Waals surface area contributed by atoms with Gasteiger partial charge in [-0.05, 0) is 0 Å². The van der Waals surface area contributed by atoms with Gasteiger partial charge in [-0.3, -0.25) is 0 Å². The normalized spacial score (nSPS) is 12.0. The van der Waals surface area contributed by atoms with Gasteiger partial charge in [-0.2, -0.15) is 0 Å². The van der Waals surface area contributed by atoms with Crippen LogP contribution in [0.15, 0.2) is 0 Å². The number of hydrogen-bond acceptors (Lipinski definition) is 2. The monoisotopic (exact) mass is 357 g/mol. The Hall–Kier alpha value is 0.803. The Kier molecular flexibility index (Phi) is 6.80. The van der Waals surface area contributed by atoms with Crippen LogP contribution in [0.25, 0.3) is 0 Å². The molecular weight excluding hydrogens is 337 g/mol. The predicted molar refractivity (Wildman–Crippen MR) is 50.0 cm³/mol. The Morgan fingerprint density at radius 3 is 1.55 bits per heavy atom. The summed E-state index contributed by atoms with van der Waals surface area (Å²) in [5.74, 6) is 0. The molecule has 0 saturated carbocycles. The van der Waals surface area contributed by atoms with E-state index < -0.39 is 21.1 Å². The van der Waals surface area contributed by atoms with Crippen molar-refractivity contribution < 1.29 is 5.63 Å². The van der Waals surface area contributed by atoms with Gasteiger partial charge in [-0.15, -0.1) is 0 Å². The van der Waals surface area contributed by atoms with Crippen LogP contribution in [0.1, 0.15) is 26.7 Å². The summed E-state index contributed by atoms with van der Waals surface area (Å²) >= 11 is -2.49. The molecular formula is C8H20BiO2. The first-order valence-corrected chi connectivity index (χ1v) is 14.0. The Bertz CT molecular complexity index is 84.1. The van der Waals surface area contributed by atoms with Crippen molar-refractivity contribution >= 4 is 21.1 Å². The summed E-state index contributed by atoms with van der Waals surface area (Å²) < 4.78 is 15.7. The van der Waals surface area contributed by atoms with Crippen LogP contribution >= 0.6 is 0 Å². The van der Waals surface area contributed by atoms with E-state index in [0.29, 0.717) is 0 Å². The summed E-state index contributed by atoms with van der Waals surface area (Å²) in [4.78, 5) is 0. The van der Waals surface area contributed by atoms with Crippen molar-refractivity contribution in [3.63, 3.8) is 0 Å². The van der Waals surface area contributed by atoms with Crippen LogP contribution in [0.4, 0.5) is 0 Å². The van der Waals surface area contributed by atoms with Gasteiger partial charge < -0.3 is 0 Å². The molecule has 0 aliphatic heterocycles. The molecule has 0 spiro atoms. The average molecular weight is 357 g/mol. The molecule has 0 rings (SSSR count). The van der Waals surface area contributed by atoms with Crippen molar-refractivity contribution in [3.05, 3.63) is 0 Å². The van der Waals surface area contributed by atoms with Crippen molar-refractivity contribution in [2.75, 3.05) is 13.2 Å². The SMILES string of the molecule is CCC[O][Bi]([CH3])([CH3])[O]CCC. The van der Waals surface area contributed by atoms with Gasteiger partial charge in [0.1, 0.15) is 0 Å². The first-order valence-electron chi connectivity index (χ1n) is 4.25. The third-order valence-electron chi connectivity index (χ3n) is 1.21. The van der Waals surface area contributed by atoms with Crippen LogP contribution in [0, 0.1) is 0 Å². The molecule has 3 heteroatoms. The third-order valence-corrected chi connectivity index (χ3v) is 7.47. The molecule has 0 fully saturated rings. The molecule has 0 N–H and O–H groups in total. The molecule has 0 bridgehead atoms. The van der Waals surface area contributed by atoms with Gasteiger partial charge in [0.05, 0.1) is 0 Å². The second-order valence-corrected chi connectivity index (χ2v) is 14.7. The van der Waals surface area contributed by atoms with Gasteiger partial charge in [-0.1, -0.05) is 0 Å². The first kappa shape index (κ1) is 11.8. The van der Waals surface area contributed by atoms with Gasteiger partial charge in [0.25, 0.3) is 0 Å². The van der Waals surface area contributed by atoms with E-state index in [-0.39, 0.29) is 0 Å². The van der Waals surface area contributed by atoms with Gasteiger partial charge in [0.2, 0.25) is 0 Å². The van der Waals surface area contributed by atoms with Crippen LogP contribution < -0.4 is 0 Å². The van der Waals surface area contributed by atoms with Crippen molar-refractivity contribution in [2.24, 2.45) is 0 Å². The molecule has 0 heterocycles. The van der Waals surface area contributed by atoms with E-state index in [1.54, 1.807) is 0 Å². The van der Waals surface area contributed by atoms with E-state index in [4.69, 9.17) is 5.63 Å². The van der Waals surface area contributed by atoms with E-state index >= 15 is 0 Å². The molecule has 0 atom stereocenters. The topological polar surface area (TPSA) is 18.5 Å². The minimum atomic E-state index is -2.49. The summed E-state index contributed by atoms with van der Waals surface area (Å²) in [6, 6.07) is 0. The molecule has 0 saturated heterocycles. The van der Waals surface area contributed by atoms with E-state index in [0.717, 1.165) is 26.1 Å². The first-order chi connectivity index (χ1) is 5.12. The summed E-state index contributed by atoms with van der Waals surface area (Å²) in [6.07, 6.45) is 2.19. The molecule has 0 aromatic heterocycles. The van der Waals surface area contributed by atoms with Crippen LogP contribution in [-0.2, 0) is 5.63 Å². The van der Waals surface area contributed by atoms with Crippen molar-refractivity contribution in [1.82, 2.24) is 0 Å². The summed E-state index contributed by atoms with van der Waals surface area (Å²) in [6.45, 7) is 6.00. The van der Waals surface area contributed by atoms with E-state index in [2.05, 4.69) is 23.1 Å². The third kappa shape index (κ3) is 7.17. The minimum absolute atomic E-state index is 0.870. The second kappa shape index (κ2) is 6.33. The number of rotatable bonds is 6. The summed E-state index contributed by atoms with van der Waals surface area (Å²) in [5.41, 5.74) is 0. The average Bonchev–Trinajstić information content (AvgIpc) is 1.97. The van der Waals surface area contributed by atoms with Gasteiger partial charge in [-0.25, -0.2) is 0 Å². The summed E-state index contributed by atoms with van der Waals surface area (Å²) in [5, 5.41) is 0. The second-order valence-electron chi connectivity index (χ2n) is 2.92. The predicted octanol–water partition coefficient (Wildman–Crippen LogP) is 2.54. The van der Waals surface area contributed by atoms with Crippen LogP contribution in [-0.4, -0.2) is 34.4 Å². The maximum absolute atomic E-state index is 5.67.